The standard InChI is InChI=1S/C29H21N3O5S/c33-27-17-7-1-3-9-21(17)30-23-15-20-24(14-19(23)27)31-22-10-5-6-16(26(22)28(20)34)12-13-32-29(35)18-8-2-4-11-25(18)38(32,36)37/h1-11H,12-15H2,(H,30,33)(H,31,34). The first kappa shape index (κ1) is 22.7. The Kier molecular flexibility index (Phi) is 4.77. The molecule has 2 N–H and O–H groups in total. The van der Waals surface area contributed by atoms with Crippen molar-refractivity contribution in [1.29, 1.82) is 0 Å². The van der Waals surface area contributed by atoms with Crippen molar-refractivity contribution >= 4 is 37.7 Å². The van der Waals surface area contributed by atoms with E-state index in [0.717, 1.165) is 15.5 Å². The number of carbonyl (C=O) groups is 1. The minimum Gasteiger partial charge on any atom is -0.358 e. The predicted molar refractivity (Wildman–Crippen MR) is 143 cm³/mol. The Morgan fingerprint density at radius 3 is 2.18 bits per heavy atom. The van der Waals surface area contributed by atoms with Crippen molar-refractivity contribution in [2.75, 3.05) is 6.54 Å². The van der Waals surface area contributed by atoms with E-state index in [1.807, 2.05) is 18.2 Å². The second-order valence-corrected chi connectivity index (χ2v) is 11.5. The molecule has 2 aliphatic rings. The molecule has 5 aromatic rings. The van der Waals surface area contributed by atoms with Crippen molar-refractivity contribution in [2.24, 2.45) is 0 Å². The number of nitrogens with one attached hydrogen (secondary N) is 2. The number of para-hydroxylation sites is 1. The fourth-order valence-corrected chi connectivity index (χ4v) is 7.31. The Morgan fingerprint density at radius 2 is 1.39 bits per heavy atom. The molecule has 7 rings (SSSR count). The summed E-state index contributed by atoms with van der Waals surface area (Å²) >= 11 is 0. The summed E-state index contributed by atoms with van der Waals surface area (Å²) < 4.78 is 26.9. The van der Waals surface area contributed by atoms with Gasteiger partial charge in [-0.3, -0.25) is 14.4 Å². The van der Waals surface area contributed by atoms with Crippen LogP contribution < -0.4 is 10.9 Å². The Bertz CT molecular complexity index is 2070. The van der Waals surface area contributed by atoms with E-state index in [-0.39, 0.29) is 34.3 Å². The second-order valence-electron chi connectivity index (χ2n) is 9.69. The maximum absolute atomic E-state index is 13.8. The molecule has 9 heteroatoms. The van der Waals surface area contributed by atoms with Gasteiger partial charge in [-0.1, -0.05) is 36.4 Å². The number of benzene rings is 3. The van der Waals surface area contributed by atoms with Crippen LogP contribution in [-0.4, -0.2) is 35.1 Å². The maximum atomic E-state index is 13.8. The molecule has 0 unspecified atom stereocenters. The van der Waals surface area contributed by atoms with Gasteiger partial charge in [-0.05, 0) is 42.3 Å². The number of hydrogen-bond acceptors (Lipinski definition) is 5. The van der Waals surface area contributed by atoms with E-state index < -0.39 is 15.9 Å². The molecule has 188 valence electrons. The molecule has 3 heterocycles. The van der Waals surface area contributed by atoms with Gasteiger partial charge in [-0.2, -0.15) is 0 Å². The second kappa shape index (κ2) is 8.00. The van der Waals surface area contributed by atoms with Crippen LogP contribution in [0, 0.1) is 0 Å². The third-order valence-corrected chi connectivity index (χ3v) is 9.44. The van der Waals surface area contributed by atoms with Crippen molar-refractivity contribution in [2.45, 2.75) is 24.2 Å². The van der Waals surface area contributed by atoms with Gasteiger partial charge in [0, 0.05) is 63.7 Å². The fraction of sp³-hybridized carbons (Fsp3) is 0.138. The summed E-state index contributed by atoms with van der Waals surface area (Å²) in [6.45, 7) is -0.0758. The minimum atomic E-state index is -3.93. The summed E-state index contributed by atoms with van der Waals surface area (Å²) in [4.78, 5) is 46.5. The van der Waals surface area contributed by atoms with E-state index >= 15 is 0 Å². The molecule has 0 saturated carbocycles. The highest BCUT2D eigenvalue weighted by molar-refractivity contribution is 7.90. The zero-order valence-corrected chi connectivity index (χ0v) is 20.9. The van der Waals surface area contributed by atoms with Crippen LogP contribution in [0.1, 0.15) is 38.4 Å². The number of sulfonamides is 1. The molecule has 1 aliphatic carbocycles. The zero-order valence-electron chi connectivity index (χ0n) is 20.1. The third-order valence-electron chi connectivity index (χ3n) is 7.60. The number of amides is 1. The molecule has 0 fully saturated rings. The normalized spacial score (nSPS) is 15.5. The van der Waals surface area contributed by atoms with Crippen LogP contribution in [0.3, 0.4) is 0 Å². The average molecular weight is 524 g/mol. The molecular formula is C29H21N3O5S. The highest BCUT2D eigenvalue weighted by Crippen LogP contribution is 2.31. The first-order valence-corrected chi connectivity index (χ1v) is 13.7. The van der Waals surface area contributed by atoms with Crippen molar-refractivity contribution in [1.82, 2.24) is 14.3 Å². The first-order valence-electron chi connectivity index (χ1n) is 12.3. The first-order chi connectivity index (χ1) is 18.3. The van der Waals surface area contributed by atoms with Gasteiger partial charge in [0.25, 0.3) is 15.9 Å². The van der Waals surface area contributed by atoms with Gasteiger partial charge >= 0.3 is 0 Å². The van der Waals surface area contributed by atoms with Gasteiger partial charge in [-0.25, -0.2) is 12.7 Å². The SMILES string of the molecule is O=C1c2ccccc2S(=O)(=O)N1CCc1cccc2[nH]c3c(c(=O)c12)Cc1[nH]c2ccccc2c(=O)c1C3. The number of pyridine rings is 2. The predicted octanol–water partition coefficient (Wildman–Crippen LogP) is 3.25. The van der Waals surface area contributed by atoms with Crippen LogP contribution in [0.2, 0.25) is 0 Å². The van der Waals surface area contributed by atoms with E-state index in [9.17, 15) is 22.8 Å². The smallest absolute Gasteiger partial charge is 0.269 e. The van der Waals surface area contributed by atoms with Gasteiger partial charge in [0.2, 0.25) is 0 Å². The molecule has 1 amide bonds. The van der Waals surface area contributed by atoms with Gasteiger partial charge in [0.1, 0.15) is 4.90 Å². The van der Waals surface area contributed by atoms with E-state index in [0.29, 0.717) is 51.5 Å². The lowest BCUT2D eigenvalue weighted by atomic mass is 9.89. The van der Waals surface area contributed by atoms with Crippen molar-refractivity contribution in [3.8, 4) is 0 Å². The number of fused-ring (bicyclic) bond motifs is 5. The highest BCUT2D eigenvalue weighted by atomic mass is 32.2. The van der Waals surface area contributed by atoms with Gasteiger partial charge in [0.05, 0.1) is 5.56 Å². The molecule has 3 aromatic carbocycles. The Morgan fingerprint density at radius 1 is 0.737 bits per heavy atom. The lowest BCUT2D eigenvalue weighted by Crippen LogP contribution is -2.32. The lowest BCUT2D eigenvalue weighted by Gasteiger charge is -2.21. The molecule has 1 aliphatic heterocycles. The quantitative estimate of drug-likeness (QED) is 0.369. The van der Waals surface area contributed by atoms with Gasteiger partial charge in [-0.15, -0.1) is 0 Å². The monoisotopic (exact) mass is 523 g/mol. The van der Waals surface area contributed by atoms with Gasteiger partial charge in [0.15, 0.2) is 10.9 Å². The topological polar surface area (TPSA) is 120 Å². The molecule has 0 atom stereocenters. The fourth-order valence-electron chi connectivity index (χ4n) is 5.74. The minimum absolute atomic E-state index is 0.00928. The summed E-state index contributed by atoms with van der Waals surface area (Å²) in [5, 5.41) is 1.09. The van der Waals surface area contributed by atoms with Crippen LogP contribution in [0.25, 0.3) is 21.8 Å². The average Bonchev–Trinajstić information content (AvgIpc) is 3.11. The van der Waals surface area contributed by atoms with Gasteiger partial charge < -0.3 is 9.97 Å². The molecule has 0 saturated heterocycles. The number of aromatic nitrogens is 2. The summed E-state index contributed by atoms with van der Waals surface area (Å²) in [6.07, 6.45) is 0.799. The van der Waals surface area contributed by atoms with Crippen LogP contribution in [0.15, 0.2) is 81.2 Å². The van der Waals surface area contributed by atoms with E-state index in [1.54, 1.807) is 36.4 Å². The summed E-state index contributed by atoms with van der Waals surface area (Å²) in [5.74, 6) is -0.556. The number of hydrogen-bond donors (Lipinski definition) is 2. The van der Waals surface area contributed by atoms with E-state index in [1.165, 1.54) is 12.1 Å². The van der Waals surface area contributed by atoms with Crippen molar-refractivity contribution in [3.05, 3.63) is 121 Å². The van der Waals surface area contributed by atoms with E-state index in [4.69, 9.17) is 0 Å². The number of aromatic amines is 2. The molecule has 8 nitrogen and oxygen atoms in total. The summed E-state index contributed by atoms with van der Waals surface area (Å²) in [7, 11) is -3.93. The molecule has 0 bridgehead atoms. The zero-order chi connectivity index (χ0) is 26.2. The number of nitrogens with zero attached hydrogens (tertiary/aromatic N) is 1. The molecule has 38 heavy (non-hydrogen) atoms. The Hall–Kier alpha value is -4.50. The molecule has 0 radical (unpaired) electrons. The van der Waals surface area contributed by atoms with Crippen molar-refractivity contribution in [3.63, 3.8) is 0 Å². The summed E-state index contributed by atoms with van der Waals surface area (Å²) in [5.41, 5.74) is 4.66. The maximum Gasteiger partial charge on any atom is 0.269 e. The Balaban J connectivity index is 1.28. The van der Waals surface area contributed by atoms with E-state index in [2.05, 4.69) is 9.97 Å². The molecule has 2 aromatic heterocycles. The Labute approximate surface area is 216 Å². The van der Waals surface area contributed by atoms with Crippen LogP contribution >= 0.6 is 0 Å². The lowest BCUT2D eigenvalue weighted by molar-refractivity contribution is 0.0872. The van der Waals surface area contributed by atoms with Crippen molar-refractivity contribution < 1.29 is 13.2 Å². The number of rotatable bonds is 3. The molecule has 0 spiro atoms. The molecular weight excluding hydrogens is 502 g/mol. The number of H-pyrrole nitrogens is 2. The van der Waals surface area contributed by atoms with Crippen LogP contribution in [0.5, 0.6) is 0 Å². The number of carbonyl (C=O) groups excluding carboxylic acids is 1. The third kappa shape index (κ3) is 3.15. The summed E-state index contributed by atoms with van der Waals surface area (Å²) in [6, 6.07) is 18.9. The van der Waals surface area contributed by atoms with Crippen LogP contribution in [0.4, 0.5) is 0 Å². The highest BCUT2D eigenvalue weighted by Gasteiger charge is 2.40. The largest absolute Gasteiger partial charge is 0.358 e. The van der Waals surface area contributed by atoms with Crippen LogP contribution in [-0.2, 0) is 29.3 Å².